The molecule has 1 N–H and O–H groups in total. The highest BCUT2D eigenvalue weighted by atomic mass is 19.1. The first-order valence-electron chi connectivity index (χ1n) is 11.4. The minimum atomic E-state index is -0.396. The number of amides is 1. The molecule has 0 radical (unpaired) electrons. The van der Waals surface area contributed by atoms with Gasteiger partial charge in [0.1, 0.15) is 11.6 Å². The zero-order valence-corrected chi connectivity index (χ0v) is 19.4. The van der Waals surface area contributed by atoms with E-state index in [0.717, 1.165) is 5.56 Å². The summed E-state index contributed by atoms with van der Waals surface area (Å²) in [4.78, 5) is 38.6. The molecule has 0 fully saturated rings. The van der Waals surface area contributed by atoms with Crippen LogP contribution < -0.4 is 21.3 Å². The van der Waals surface area contributed by atoms with Crippen LogP contribution in [0.2, 0.25) is 0 Å². The summed E-state index contributed by atoms with van der Waals surface area (Å²) in [6.07, 6.45) is 1.18. The average Bonchev–Trinajstić information content (AvgIpc) is 2.87. The van der Waals surface area contributed by atoms with Crippen molar-refractivity contribution in [2.45, 2.75) is 32.4 Å². The number of methoxy groups -OCH3 is 1. The number of hydrogen-bond acceptors (Lipinski definition) is 4. The summed E-state index contributed by atoms with van der Waals surface area (Å²) in [5.74, 6) is 0.103. The zero-order valence-electron chi connectivity index (χ0n) is 19.4. The number of nitrogens with one attached hydrogen (secondary N) is 1. The summed E-state index contributed by atoms with van der Waals surface area (Å²) >= 11 is 0. The van der Waals surface area contributed by atoms with Crippen molar-refractivity contribution in [3.05, 3.63) is 105 Å². The second kappa shape index (κ2) is 10.8. The molecule has 180 valence electrons. The van der Waals surface area contributed by atoms with Gasteiger partial charge >= 0.3 is 5.69 Å². The van der Waals surface area contributed by atoms with E-state index in [1.165, 1.54) is 28.8 Å². The lowest BCUT2D eigenvalue weighted by molar-refractivity contribution is -0.116. The molecule has 0 spiro atoms. The highest BCUT2D eigenvalue weighted by Crippen LogP contribution is 2.16. The van der Waals surface area contributed by atoms with E-state index in [1.807, 2.05) is 24.3 Å². The Kier molecular flexibility index (Phi) is 7.40. The number of benzene rings is 3. The Morgan fingerprint density at radius 1 is 0.943 bits per heavy atom. The van der Waals surface area contributed by atoms with Gasteiger partial charge in [-0.3, -0.25) is 18.7 Å². The highest BCUT2D eigenvalue weighted by Gasteiger charge is 2.14. The summed E-state index contributed by atoms with van der Waals surface area (Å²) < 4.78 is 21.1. The summed E-state index contributed by atoms with van der Waals surface area (Å²) in [5, 5.41) is 3.17. The van der Waals surface area contributed by atoms with Crippen molar-refractivity contribution in [3.8, 4) is 5.75 Å². The van der Waals surface area contributed by atoms with Crippen LogP contribution in [0.5, 0.6) is 5.75 Å². The average molecular weight is 476 g/mol. The van der Waals surface area contributed by atoms with E-state index in [4.69, 9.17) is 4.74 Å². The number of anilines is 1. The number of unbranched alkanes of at least 4 members (excludes halogenated alkanes) is 1. The maximum Gasteiger partial charge on any atom is 0.331 e. The molecule has 8 heteroatoms. The fourth-order valence-corrected chi connectivity index (χ4v) is 3.99. The molecule has 1 heterocycles. The van der Waals surface area contributed by atoms with Gasteiger partial charge in [-0.25, -0.2) is 9.18 Å². The molecular formula is C27H26FN3O4. The lowest BCUT2D eigenvalue weighted by atomic mass is 10.2. The number of carbonyl (C=O) groups is 1. The predicted molar refractivity (Wildman–Crippen MR) is 133 cm³/mol. The Morgan fingerprint density at radius 3 is 2.49 bits per heavy atom. The first-order valence-corrected chi connectivity index (χ1v) is 11.4. The monoisotopic (exact) mass is 475 g/mol. The molecule has 0 aliphatic rings. The molecular weight excluding hydrogens is 449 g/mol. The normalized spacial score (nSPS) is 10.9. The smallest absolute Gasteiger partial charge is 0.331 e. The maximum absolute atomic E-state index is 13.3. The third-order valence-electron chi connectivity index (χ3n) is 5.77. The van der Waals surface area contributed by atoms with Crippen molar-refractivity contribution in [2.24, 2.45) is 0 Å². The lowest BCUT2D eigenvalue weighted by Gasteiger charge is -2.14. The number of hydrogen-bond donors (Lipinski definition) is 1. The van der Waals surface area contributed by atoms with Gasteiger partial charge in [-0.15, -0.1) is 0 Å². The lowest BCUT2D eigenvalue weighted by Crippen LogP contribution is -2.40. The Bertz CT molecular complexity index is 1460. The highest BCUT2D eigenvalue weighted by molar-refractivity contribution is 5.90. The van der Waals surface area contributed by atoms with Crippen LogP contribution in [0.1, 0.15) is 24.8 Å². The van der Waals surface area contributed by atoms with Gasteiger partial charge in [0.25, 0.3) is 5.56 Å². The van der Waals surface area contributed by atoms with E-state index in [2.05, 4.69) is 5.32 Å². The van der Waals surface area contributed by atoms with E-state index in [9.17, 15) is 18.8 Å². The van der Waals surface area contributed by atoms with Crippen LogP contribution in [0.15, 0.2) is 82.4 Å². The van der Waals surface area contributed by atoms with Gasteiger partial charge < -0.3 is 10.1 Å². The molecule has 35 heavy (non-hydrogen) atoms. The fraction of sp³-hybridized carbons (Fsp3) is 0.222. The van der Waals surface area contributed by atoms with Crippen LogP contribution in [0.4, 0.5) is 10.1 Å². The van der Waals surface area contributed by atoms with Gasteiger partial charge in [0.15, 0.2) is 0 Å². The number of halogens is 1. The topological polar surface area (TPSA) is 82.3 Å². The molecule has 0 saturated heterocycles. The number of carbonyl (C=O) groups excluding carboxylic acids is 1. The molecule has 0 bridgehead atoms. The molecule has 1 aromatic heterocycles. The quantitative estimate of drug-likeness (QED) is 0.369. The molecule has 4 aromatic rings. The van der Waals surface area contributed by atoms with Crippen molar-refractivity contribution in [1.82, 2.24) is 9.13 Å². The number of nitrogens with zero attached hydrogens (tertiary/aromatic N) is 2. The fourth-order valence-electron chi connectivity index (χ4n) is 3.99. The van der Waals surface area contributed by atoms with Gasteiger partial charge in [0.2, 0.25) is 5.91 Å². The third-order valence-corrected chi connectivity index (χ3v) is 5.77. The Labute approximate surface area is 201 Å². The second-order valence-corrected chi connectivity index (χ2v) is 8.21. The van der Waals surface area contributed by atoms with Gasteiger partial charge in [-0.2, -0.15) is 0 Å². The van der Waals surface area contributed by atoms with Crippen LogP contribution in [0.25, 0.3) is 10.9 Å². The van der Waals surface area contributed by atoms with Crippen molar-refractivity contribution < 1.29 is 13.9 Å². The summed E-state index contributed by atoms with van der Waals surface area (Å²) in [7, 11) is 1.58. The van der Waals surface area contributed by atoms with Crippen LogP contribution in [0.3, 0.4) is 0 Å². The van der Waals surface area contributed by atoms with Gasteiger partial charge in [-0.1, -0.05) is 24.3 Å². The molecule has 0 unspecified atom stereocenters. The van der Waals surface area contributed by atoms with Crippen LogP contribution in [-0.2, 0) is 17.9 Å². The molecule has 4 rings (SSSR count). The minimum Gasteiger partial charge on any atom is -0.497 e. The van der Waals surface area contributed by atoms with Crippen LogP contribution in [-0.4, -0.2) is 22.2 Å². The maximum atomic E-state index is 13.3. The number of fused-ring (bicyclic) bond motifs is 1. The van der Waals surface area contributed by atoms with E-state index in [0.29, 0.717) is 35.2 Å². The van der Waals surface area contributed by atoms with Crippen molar-refractivity contribution in [3.63, 3.8) is 0 Å². The number of ether oxygens (including phenoxy) is 1. The molecule has 0 atom stereocenters. The molecule has 0 aliphatic carbocycles. The summed E-state index contributed by atoms with van der Waals surface area (Å²) in [6.45, 7) is 0.487. The first kappa shape index (κ1) is 23.9. The first-order chi connectivity index (χ1) is 17.0. The minimum absolute atomic E-state index is 0.199. The standard InChI is InChI=1S/C27H26FN3O4/c1-35-22-8-6-7-19(17-22)18-31-24-10-3-2-9-23(24)26(33)30(27(31)34)16-5-4-11-25(32)29-21-14-12-20(28)13-15-21/h2-3,6-10,12-15,17H,4-5,11,16,18H2,1H3,(H,29,32). The van der Waals surface area contributed by atoms with E-state index >= 15 is 0 Å². The predicted octanol–water partition coefficient (Wildman–Crippen LogP) is 4.17. The largest absolute Gasteiger partial charge is 0.497 e. The third kappa shape index (κ3) is 5.66. The molecule has 0 aliphatic heterocycles. The molecule has 3 aromatic carbocycles. The number of aromatic nitrogens is 2. The van der Waals surface area contributed by atoms with Crippen molar-refractivity contribution in [2.75, 3.05) is 12.4 Å². The van der Waals surface area contributed by atoms with Crippen molar-refractivity contribution >= 4 is 22.5 Å². The molecule has 7 nitrogen and oxygen atoms in total. The van der Waals surface area contributed by atoms with Crippen LogP contribution >= 0.6 is 0 Å². The second-order valence-electron chi connectivity index (χ2n) is 8.21. The zero-order chi connectivity index (χ0) is 24.8. The van der Waals surface area contributed by atoms with Gasteiger partial charge in [0.05, 0.1) is 24.6 Å². The Morgan fingerprint density at radius 2 is 1.71 bits per heavy atom. The van der Waals surface area contributed by atoms with Gasteiger partial charge in [0, 0.05) is 18.7 Å². The van der Waals surface area contributed by atoms with E-state index in [-0.39, 0.29) is 36.8 Å². The summed E-state index contributed by atoms with van der Waals surface area (Å²) in [5.41, 5.74) is 1.22. The molecule has 0 saturated carbocycles. The Hall–Kier alpha value is -4.20. The van der Waals surface area contributed by atoms with E-state index < -0.39 is 5.69 Å². The number of rotatable bonds is 9. The SMILES string of the molecule is COc1cccc(Cn2c(=O)n(CCCCC(=O)Nc3ccc(F)cc3)c(=O)c3ccccc32)c1. The number of para-hydroxylation sites is 1. The summed E-state index contributed by atoms with van der Waals surface area (Å²) in [6, 6.07) is 20.0. The van der Waals surface area contributed by atoms with Crippen molar-refractivity contribution in [1.29, 1.82) is 0 Å². The van der Waals surface area contributed by atoms with Gasteiger partial charge in [-0.05, 0) is 66.9 Å². The molecule has 1 amide bonds. The van der Waals surface area contributed by atoms with E-state index in [1.54, 1.807) is 35.9 Å². The Balaban J connectivity index is 1.50. The van der Waals surface area contributed by atoms with Crippen LogP contribution in [0, 0.1) is 5.82 Å².